The average molecular weight is 486 g/mol. The minimum Gasteiger partial charge on any atom is -0.332 e. The third-order valence-corrected chi connectivity index (χ3v) is 7.36. The van der Waals surface area contributed by atoms with E-state index in [1.54, 1.807) is 0 Å². The van der Waals surface area contributed by atoms with Gasteiger partial charge in [0.2, 0.25) is 5.91 Å². The zero-order valence-corrected chi connectivity index (χ0v) is 20.6. The van der Waals surface area contributed by atoms with Crippen LogP contribution in [0.15, 0.2) is 48.5 Å². The van der Waals surface area contributed by atoms with Gasteiger partial charge in [0.15, 0.2) is 0 Å². The molecule has 2 aromatic carbocycles. The van der Waals surface area contributed by atoms with Crippen LogP contribution in [0.1, 0.15) is 68.9 Å². The van der Waals surface area contributed by atoms with Crippen LogP contribution >= 0.6 is 23.2 Å². The summed E-state index contributed by atoms with van der Waals surface area (Å²) in [6.45, 7) is 6.31. The number of nitrogens with zero attached hydrogens (tertiary/aromatic N) is 4. The summed E-state index contributed by atoms with van der Waals surface area (Å²) in [5.41, 5.74) is 1.53. The van der Waals surface area contributed by atoms with Gasteiger partial charge in [-0.2, -0.15) is 0 Å². The number of tetrazole rings is 1. The normalized spacial score (nSPS) is 23.3. The maximum absolute atomic E-state index is 14.2. The number of piperidine rings is 1. The van der Waals surface area contributed by atoms with Crippen LogP contribution in [0.3, 0.4) is 0 Å². The van der Waals surface area contributed by atoms with Crippen LogP contribution in [0.4, 0.5) is 0 Å². The van der Waals surface area contributed by atoms with Gasteiger partial charge in [-0.05, 0) is 65.1 Å². The lowest BCUT2D eigenvalue weighted by atomic mass is 9.66. The summed E-state index contributed by atoms with van der Waals surface area (Å²) in [7, 11) is 0. The monoisotopic (exact) mass is 485 g/mol. The summed E-state index contributed by atoms with van der Waals surface area (Å²) >= 11 is 12.6. The van der Waals surface area contributed by atoms with Crippen molar-refractivity contribution in [1.29, 1.82) is 0 Å². The van der Waals surface area contributed by atoms with E-state index in [1.807, 2.05) is 49.4 Å². The standard InChI is InChI=1S/C25H29Cl2N5O/c1-4-20(5-2)32-23(16-9-11-18(26)12-10-16)21(17-7-6-8-19(27)13-17)14-25(3,24(32)33)15-22-28-30-31-29-22/h6-13,20-21,23H,4-5,14-15H2,1-3H3,(H,28,29,30,31). The highest BCUT2D eigenvalue weighted by Gasteiger charge is 2.51. The molecule has 3 aromatic rings. The molecule has 8 heteroatoms. The van der Waals surface area contributed by atoms with Crippen LogP contribution in [0.2, 0.25) is 10.0 Å². The molecule has 3 unspecified atom stereocenters. The molecule has 4 rings (SSSR count). The van der Waals surface area contributed by atoms with Crippen LogP contribution in [-0.2, 0) is 11.2 Å². The smallest absolute Gasteiger partial charge is 0.229 e. The van der Waals surface area contributed by atoms with Crippen molar-refractivity contribution < 1.29 is 4.79 Å². The number of nitrogens with one attached hydrogen (secondary N) is 1. The van der Waals surface area contributed by atoms with E-state index in [1.165, 1.54) is 0 Å². The van der Waals surface area contributed by atoms with Gasteiger partial charge in [-0.25, -0.2) is 5.10 Å². The van der Waals surface area contributed by atoms with Gasteiger partial charge in [0.25, 0.3) is 0 Å². The van der Waals surface area contributed by atoms with E-state index in [0.29, 0.717) is 28.7 Å². The van der Waals surface area contributed by atoms with Gasteiger partial charge in [-0.15, -0.1) is 5.10 Å². The Morgan fingerprint density at radius 2 is 1.82 bits per heavy atom. The molecule has 3 atom stereocenters. The van der Waals surface area contributed by atoms with Gasteiger partial charge in [0.05, 0.1) is 11.5 Å². The fraction of sp³-hybridized carbons (Fsp3) is 0.440. The Labute approximate surface area is 204 Å². The SMILES string of the molecule is CCC(CC)N1C(=O)C(C)(Cc2nnn[nH]2)CC(c2cccc(Cl)c2)C1c1ccc(Cl)cc1. The van der Waals surface area contributed by atoms with E-state index in [9.17, 15) is 4.79 Å². The lowest BCUT2D eigenvalue weighted by molar-refractivity contribution is -0.155. The lowest BCUT2D eigenvalue weighted by Crippen LogP contribution is -2.56. The highest BCUT2D eigenvalue weighted by Crippen LogP contribution is 2.52. The van der Waals surface area contributed by atoms with Crippen molar-refractivity contribution in [1.82, 2.24) is 25.5 Å². The molecule has 1 fully saturated rings. The highest BCUT2D eigenvalue weighted by atomic mass is 35.5. The minimum atomic E-state index is -0.667. The number of rotatable bonds is 7. The van der Waals surface area contributed by atoms with Crippen LogP contribution in [-0.4, -0.2) is 37.5 Å². The number of aromatic nitrogens is 4. The first-order valence-electron chi connectivity index (χ1n) is 11.4. The Bertz CT molecular complexity index is 1080. The number of aromatic amines is 1. The second-order valence-corrected chi connectivity index (χ2v) is 10.0. The molecule has 174 valence electrons. The number of amides is 1. The van der Waals surface area contributed by atoms with Crippen molar-refractivity contribution >= 4 is 29.1 Å². The zero-order chi connectivity index (χ0) is 23.6. The van der Waals surface area contributed by atoms with Crippen molar-refractivity contribution in [3.8, 4) is 0 Å². The van der Waals surface area contributed by atoms with Gasteiger partial charge in [-0.3, -0.25) is 4.79 Å². The van der Waals surface area contributed by atoms with E-state index in [0.717, 1.165) is 24.0 Å². The summed E-state index contributed by atoms with van der Waals surface area (Å²) in [5, 5.41) is 15.7. The molecule has 1 amide bonds. The van der Waals surface area contributed by atoms with Crippen LogP contribution in [0, 0.1) is 5.41 Å². The highest BCUT2D eigenvalue weighted by molar-refractivity contribution is 6.30. The Balaban J connectivity index is 1.88. The molecular formula is C25H29Cl2N5O. The topological polar surface area (TPSA) is 74.8 Å². The Morgan fingerprint density at radius 3 is 2.42 bits per heavy atom. The fourth-order valence-electron chi connectivity index (χ4n) is 5.25. The number of H-pyrrole nitrogens is 1. The van der Waals surface area contributed by atoms with Crippen LogP contribution < -0.4 is 0 Å². The molecule has 0 spiro atoms. The maximum Gasteiger partial charge on any atom is 0.229 e. The molecule has 2 heterocycles. The van der Waals surface area contributed by atoms with E-state index in [2.05, 4.69) is 45.4 Å². The first kappa shape index (κ1) is 23.7. The average Bonchev–Trinajstić information content (AvgIpc) is 3.31. The number of likely N-dealkylation sites (tertiary alicyclic amines) is 1. The molecule has 0 bridgehead atoms. The van der Waals surface area contributed by atoms with Crippen molar-refractivity contribution in [3.63, 3.8) is 0 Å². The molecule has 0 saturated carbocycles. The number of hydrogen-bond acceptors (Lipinski definition) is 4. The van der Waals surface area contributed by atoms with Gasteiger partial charge in [-0.1, -0.05) is 68.2 Å². The van der Waals surface area contributed by atoms with Crippen molar-refractivity contribution in [2.75, 3.05) is 0 Å². The molecule has 0 radical (unpaired) electrons. The predicted molar refractivity (Wildman–Crippen MR) is 130 cm³/mol. The molecule has 1 aromatic heterocycles. The number of benzene rings is 2. The van der Waals surface area contributed by atoms with E-state index in [-0.39, 0.29) is 23.9 Å². The van der Waals surface area contributed by atoms with Gasteiger partial charge >= 0.3 is 0 Å². The van der Waals surface area contributed by atoms with Crippen molar-refractivity contribution in [2.24, 2.45) is 5.41 Å². The Kier molecular flexibility index (Phi) is 7.05. The molecule has 6 nitrogen and oxygen atoms in total. The third-order valence-electron chi connectivity index (χ3n) is 6.87. The van der Waals surface area contributed by atoms with Gasteiger partial charge in [0.1, 0.15) is 5.82 Å². The molecule has 33 heavy (non-hydrogen) atoms. The molecule has 1 aliphatic heterocycles. The van der Waals surface area contributed by atoms with Crippen LogP contribution in [0.5, 0.6) is 0 Å². The van der Waals surface area contributed by atoms with Gasteiger partial charge in [0, 0.05) is 28.4 Å². The molecule has 1 saturated heterocycles. The second kappa shape index (κ2) is 9.82. The minimum absolute atomic E-state index is 0.0454. The van der Waals surface area contributed by atoms with E-state index in [4.69, 9.17) is 23.2 Å². The lowest BCUT2D eigenvalue weighted by Gasteiger charge is -2.52. The van der Waals surface area contributed by atoms with E-state index < -0.39 is 5.41 Å². The zero-order valence-electron chi connectivity index (χ0n) is 19.1. The maximum atomic E-state index is 14.2. The summed E-state index contributed by atoms with van der Waals surface area (Å²) < 4.78 is 0. The van der Waals surface area contributed by atoms with Gasteiger partial charge < -0.3 is 4.90 Å². The number of carbonyl (C=O) groups excluding carboxylic acids is 1. The molecule has 1 N–H and O–H groups in total. The second-order valence-electron chi connectivity index (χ2n) is 9.13. The number of hydrogen-bond donors (Lipinski definition) is 1. The molecule has 1 aliphatic rings. The first-order valence-corrected chi connectivity index (χ1v) is 12.2. The first-order chi connectivity index (χ1) is 15.9. The molecule has 0 aliphatic carbocycles. The Morgan fingerprint density at radius 1 is 1.09 bits per heavy atom. The summed E-state index contributed by atoms with van der Waals surface area (Å²) in [4.78, 5) is 16.3. The third kappa shape index (κ3) is 4.78. The molecular weight excluding hydrogens is 457 g/mol. The van der Waals surface area contributed by atoms with E-state index >= 15 is 0 Å². The largest absolute Gasteiger partial charge is 0.332 e. The number of carbonyl (C=O) groups is 1. The summed E-state index contributed by atoms with van der Waals surface area (Å²) in [5.74, 6) is 0.792. The Hall–Kier alpha value is -2.44. The quantitative estimate of drug-likeness (QED) is 0.445. The van der Waals surface area contributed by atoms with Crippen molar-refractivity contribution in [3.05, 3.63) is 75.5 Å². The van der Waals surface area contributed by atoms with Crippen LogP contribution in [0.25, 0.3) is 0 Å². The fourth-order valence-corrected chi connectivity index (χ4v) is 5.58. The number of halogens is 2. The summed E-state index contributed by atoms with van der Waals surface area (Å²) in [6, 6.07) is 15.8. The predicted octanol–water partition coefficient (Wildman–Crippen LogP) is 6.00. The summed E-state index contributed by atoms with van der Waals surface area (Å²) in [6.07, 6.45) is 2.83. The van der Waals surface area contributed by atoms with Crippen molar-refractivity contribution in [2.45, 2.75) is 64.5 Å².